The smallest absolute Gasteiger partial charge is 0.270 e. The van der Waals surface area contributed by atoms with Crippen LogP contribution in [0.3, 0.4) is 0 Å². The van der Waals surface area contributed by atoms with Crippen molar-refractivity contribution in [1.29, 1.82) is 0 Å². The molecular weight excluding hydrogens is 332 g/mol. The van der Waals surface area contributed by atoms with Crippen molar-refractivity contribution in [3.63, 3.8) is 0 Å². The molecule has 4 rings (SSSR count). The highest BCUT2D eigenvalue weighted by Gasteiger charge is 2.32. The minimum atomic E-state index is -3.20. The van der Waals surface area contributed by atoms with E-state index in [-0.39, 0.29) is 16.3 Å². The normalized spacial score (nSPS) is 16.2. The maximum absolute atomic E-state index is 11.1. The number of benzene rings is 1. The van der Waals surface area contributed by atoms with E-state index in [1.807, 2.05) is 0 Å². The summed E-state index contributed by atoms with van der Waals surface area (Å²) in [6, 6.07) is 9.04. The number of nitrogens with one attached hydrogen (secondary N) is 1. The van der Waals surface area contributed by atoms with Gasteiger partial charge in [0.1, 0.15) is 5.75 Å². The number of hydrogen-bond acceptors (Lipinski definition) is 5. The zero-order valence-corrected chi connectivity index (χ0v) is 12.9. The van der Waals surface area contributed by atoms with Crippen LogP contribution in [0.2, 0.25) is 0 Å². The molecule has 8 heteroatoms. The molecule has 2 heterocycles. The molecule has 0 bridgehead atoms. The molecule has 0 atom stereocenters. The summed E-state index contributed by atoms with van der Waals surface area (Å²) in [5, 5.41) is 22.6. The number of nitro benzene ring substituents is 1. The topological polar surface area (TPSA) is 120 Å². The Morgan fingerprint density at radius 3 is 2.67 bits per heavy atom. The lowest BCUT2D eigenvalue weighted by Gasteiger charge is -2.29. The molecule has 0 fully saturated rings. The van der Waals surface area contributed by atoms with Gasteiger partial charge in [0.2, 0.25) is 0 Å². The second-order valence-electron chi connectivity index (χ2n) is 5.45. The van der Waals surface area contributed by atoms with Crippen molar-refractivity contribution in [2.45, 2.75) is 4.90 Å². The molecule has 4 N–H and O–H groups in total. The Kier molecular flexibility index (Phi) is 2.98. The van der Waals surface area contributed by atoms with Crippen molar-refractivity contribution in [2.75, 3.05) is 0 Å². The number of rotatable bonds is 2. The monoisotopic (exact) mass is 344 g/mol. The minimum Gasteiger partial charge on any atom is -0.507 e. The van der Waals surface area contributed by atoms with Crippen molar-refractivity contribution in [1.82, 2.24) is 4.98 Å². The number of H-pyrrole nitrogens is 1. The van der Waals surface area contributed by atoms with Crippen LogP contribution in [0, 0.1) is 10.1 Å². The van der Waals surface area contributed by atoms with Gasteiger partial charge >= 0.3 is 0 Å². The number of nitro groups is 1. The molecular formula is C16H12N2O5S. The van der Waals surface area contributed by atoms with Crippen LogP contribution in [0.1, 0.15) is 5.69 Å². The summed E-state index contributed by atoms with van der Waals surface area (Å²) in [5.41, 5.74) is 2.22. The fourth-order valence-electron chi connectivity index (χ4n) is 2.99. The fraction of sp³-hybridized carbons (Fsp3) is 0. The number of aromatic amines is 1. The van der Waals surface area contributed by atoms with Gasteiger partial charge in [-0.1, -0.05) is 12.1 Å². The van der Waals surface area contributed by atoms with Crippen molar-refractivity contribution < 1.29 is 19.1 Å². The highest BCUT2D eigenvalue weighted by atomic mass is 32.3. The zero-order chi connectivity index (χ0) is 17.1. The summed E-state index contributed by atoms with van der Waals surface area (Å²) in [4.78, 5) is 13.8. The molecule has 0 spiro atoms. The molecule has 0 saturated heterocycles. The van der Waals surface area contributed by atoms with Gasteiger partial charge in [0.25, 0.3) is 5.69 Å². The van der Waals surface area contributed by atoms with Gasteiger partial charge in [-0.25, -0.2) is 0 Å². The molecule has 0 saturated carbocycles. The second-order valence-corrected chi connectivity index (χ2v) is 7.32. The van der Waals surface area contributed by atoms with Crippen LogP contribution in [-0.4, -0.2) is 24.1 Å². The van der Waals surface area contributed by atoms with E-state index in [1.54, 1.807) is 18.2 Å². The van der Waals surface area contributed by atoms with Gasteiger partial charge in [0, 0.05) is 28.7 Å². The summed E-state index contributed by atoms with van der Waals surface area (Å²) in [7, 11) is -3.20. The quantitative estimate of drug-likeness (QED) is 0.403. The highest BCUT2D eigenvalue weighted by molar-refractivity contribution is 8.27. The summed E-state index contributed by atoms with van der Waals surface area (Å²) < 4.78 is 20.7. The Morgan fingerprint density at radius 2 is 1.92 bits per heavy atom. The van der Waals surface area contributed by atoms with Gasteiger partial charge in [-0.05, 0) is 23.8 Å². The third-order valence-corrected chi connectivity index (χ3v) is 5.54. The Balaban J connectivity index is 2.11. The zero-order valence-electron chi connectivity index (χ0n) is 12.1. The average molecular weight is 344 g/mol. The first kappa shape index (κ1) is 14.8. The summed E-state index contributed by atoms with van der Waals surface area (Å²) in [6.07, 6.45) is 1.56. The molecule has 1 aromatic carbocycles. The van der Waals surface area contributed by atoms with Gasteiger partial charge in [0.05, 0.1) is 21.2 Å². The number of hydrogen-bond donors (Lipinski definition) is 4. The van der Waals surface area contributed by atoms with Gasteiger partial charge < -0.3 is 10.1 Å². The molecule has 7 nitrogen and oxygen atoms in total. The minimum absolute atomic E-state index is 0.0346. The maximum Gasteiger partial charge on any atom is 0.270 e. The number of aromatic hydroxyl groups is 1. The number of non-ortho nitro benzene ring substituents is 1. The lowest BCUT2D eigenvalue weighted by atomic mass is 9.97. The fourth-order valence-corrected chi connectivity index (χ4v) is 4.42. The third-order valence-electron chi connectivity index (χ3n) is 3.99. The number of pyridine rings is 1. The van der Waals surface area contributed by atoms with Gasteiger partial charge in [-0.15, -0.1) is 10.6 Å². The number of fused-ring (bicyclic) bond motifs is 2. The molecule has 0 aromatic heterocycles. The largest absolute Gasteiger partial charge is 0.507 e. The summed E-state index contributed by atoms with van der Waals surface area (Å²) in [5.74, 6) is -0.0346. The van der Waals surface area contributed by atoms with Gasteiger partial charge in [-0.3, -0.25) is 19.2 Å². The predicted octanol–water partition coefficient (Wildman–Crippen LogP) is 4.49. The van der Waals surface area contributed by atoms with Crippen LogP contribution in [0.25, 0.3) is 28.5 Å². The maximum atomic E-state index is 11.1. The first-order chi connectivity index (χ1) is 11.4. The third kappa shape index (κ3) is 2.01. The van der Waals surface area contributed by atoms with E-state index in [9.17, 15) is 24.3 Å². The van der Waals surface area contributed by atoms with Crippen molar-refractivity contribution >= 4 is 22.4 Å². The van der Waals surface area contributed by atoms with Crippen LogP contribution in [0.5, 0.6) is 5.75 Å². The number of nitrogens with zero attached hydrogens (tertiary/aromatic N) is 1. The van der Waals surface area contributed by atoms with Gasteiger partial charge in [0.15, 0.2) is 0 Å². The Morgan fingerprint density at radius 1 is 1.12 bits per heavy atom. The van der Waals surface area contributed by atoms with E-state index in [1.165, 1.54) is 29.7 Å². The van der Waals surface area contributed by atoms with E-state index in [0.717, 1.165) is 0 Å². The molecule has 0 radical (unpaired) electrons. The highest BCUT2D eigenvalue weighted by Crippen LogP contribution is 2.62. The van der Waals surface area contributed by atoms with E-state index in [4.69, 9.17) is 0 Å². The Hall–Kier alpha value is -2.81. The van der Waals surface area contributed by atoms with E-state index in [2.05, 4.69) is 4.98 Å². The van der Waals surface area contributed by atoms with Crippen molar-refractivity contribution in [2.24, 2.45) is 0 Å². The van der Waals surface area contributed by atoms with Crippen LogP contribution < -0.4 is 0 Å². The average Bonchev–Trinajstić information content (AvgIpc) is 3.06. The predicted molar refractivity (Wildman–Crippen MR) is 91.3 cm³/mol. The second kappa shape index (κ2) is 4.84. The standard InChI is InChI=1S/C16H12N2O5S/c19-13-5-4-11-15(13)14(9-2-1-3-10(8-9)18(20)21)16-12(17-11)6-7-24(16,22)23/h1-8,17,19,22-23H. The van der Waals surface area contributed by atoms with Crippen LogP contribution in [-0.2, 0) is 0 Å². The van der Waals surface area contributed by atoms with Gasteiger partial charge in [-0.2, -0.15) is 0 Å². The molecule has 3 aliphatic rings. The van der Waals surface area contributed by atoms with E-state index < -0.39 is 15.5 Å². The SMILES string of the molecule is O=[N+]([O-])c1cccc(-c2c3c(O)ccc-3[nH]c3c2S(O)(O)C=C3)c1. The van der Waals surface area contributed by atoms with Crippen molar-refractivity contribution in [3.8, 4) is 28.1 Å². The van der Waals surface area contributed by atoms with Crippen LogP contribution in [0.4, 0.5) is 5.69 Å². The summed E-state index contributed by atoms with van der Waals surface area (Å²) in [6.45, 7) is 0. The van der Waals surface area contributed by atoms with Crippen molar-refractivity contribution in [3.05, 3.63) is 57.6 Å². The molecule has 0 amide bonds. The number of aromatic nitrogens is 1. The molecule has 1 aromatic rings. The van der Waals surface area contributed by atoms with E-state index in [0.29, 0.717) is 28.1 Å². The molecule has 122 valence electrons. The first-order valence-corrected chi connectivity index (χ1v) is 8.58. The van der Waals surface area contributed by atoms with Crippen LogP contribution in [0.15, 0.2) is 46.7 Å². The van der Waals surface area contributed by atoms with Crippen LogP contribution >= 0.6 is 10.6 Å². The molecule has 0 unspecified atom stereocenters. The first-order valence-electron chi connectivity index (χ1n) is 6.97. The Labute approximate surface area is 137 Å². The molecule has 2 aliphatic heterocycles. The lowest BCUT2D eigenvalue weighted by Crippen LogP contribution is -2.01. The lowest BCUT2D eigenvalue weighted by molar-refractivity contribution is -0.384. The molecule has 1 aliphatic carbocycles. The molecule has 24 heavy (non-hydrogen) atoms. The summed E-state index contributed by atoms with van der Waals surface area (Å²) >= 11 is 0. The van der Waals surface area contributed by atoms with E-state index >= 15 is 0 Å². The Bertz CT molecular complexity index is 992.